The normalized spacial score (nSPS) is 8.51. The van der Waals surface area contributed by atoms with Gasteiger partial charge in [0.1, 0.15) is 0 Å². The molecule has 0 aromatic heterocycles. The summed E-state index contributed by atoms with van der Waals surface area (Å²) in [5, 5.41) is 32.4. The smallest absolute Gasteiger partial charge is 0.427 e. The van der Waals surface area contributed by atoms with Crippen molar-refractivity contribution in [3.05, 3.63) is 427 Å². The third kappa shape index (κ3) is 57.2. The first-order chi connectivity index (χ1) is 57.6. The van der Waals surface area contributed by atoms with Crippen LogP contribution in [0, 0.1) is 48.5 Å². The van der Waals surface area contributed by atoms with Gasteiger partial charge in [-0.1, -0.05) is 531 Å². The van der Waals surface area contributed by atoms with E-state index in [4.69, 9.17) is 20.1 Å². The Hall–Kier alpha value is -11.0. The standard InChI is InChI=1S/3C19H16.4C7H8.C6H7BO2.10C2H6.CH5BO2/c3*1-15-12-18(16-8-4-2-5-9-16)14-19(13-15)17-10-6-3-7-11-17;4*1-7-5-3-2-4-6-7;8-7(9)6-4-2-1-3-5-6;10*1-2;1-2(3)4/h3*2-14H,1H3;4*2-6H,1H3;1-5,8-9H;10*1-2H3;3-4H,1H3. The second-order valence-corrected chi connectivity index (χ2v) is 23.5. The molecule has 118 heavy (non-hydrogen) atoms. The van der Waals surface area contributed by atoms with E-state index in [1.165, 1.54) is 113 Å². The van der Waals surface area contributed by atoms with Crippen LogP contribution in [0.4, 0.5) is 0 Å². The lowest BCUT2D eigenvalue weighted by atomic mass is 9.81. The number of hydrogen-bond acceptors (Lipinski definition) is 4. The summed E-state index contributed by atoms with van der Waals surface area (Å²) >= 11 is 0. The Morgan fingerprint density at radius 1 is 0.144 bits per heavy atom. The Morgan fingerprint density at radius 2 is 0.254 bits per heavy atom. The summed E-state index contributed by atoms with van der Waals surface area (Å²) in [6.45, 7) is 56.1. The molecule has 0 amide bonds. The second-order valence-electron chi connectivity index (χ2n) is 23.5. The van der Waals surface area contributed by atoms with Gasteiger partial charge in [-0.25, -0.2) is 0 Å². The third-order valence-electron chi connectivity index (χ3n) is 14.7. The number of benzene rings is 14. The Morgan fingerprint density at radius 3 is 0.347 bits per heavy atom. The topological polar surface area (TPSA) is 80.9 Å². The fraction of sp³-hybridized carbons (Fsp3) is 0.250. The van der Waals surface area contributed by atoms with Crippen LogP contribution in [0.3, 0.4) is 0 Å². The van der Waals surface area contributed by atoms with Crippen molar-refractivity contribution in [1.82, 2.24) is 0 Å². The van der Waals surface area contributed by atoms with Crippen LogP contribution in [0.1, 0.15) is 177 Å². The molecule has 6 heteroatoms. The minimum atomic E-state index is -1.34. The minimum absolute atomic E-state index is 0.525. The molecule has 0 aliphatic rings. The SMILES string of the molecule is CB(O)O.CC.CC.CC.CC.CC.CC.CC.CC.CC.CC.Cc1cc(-c2ccccc2)cc(-c2ccccc2)c1.Cc1cc(-c2ccccc2)cc(-c2ccccc2)c1.Cc1cc(-c2ccccc2)cc(-c2ccccc2)c1.Cc1ccccc1.Cc1ccccc1.Cc1ccccc1.Cc1ccccc1.OB(O)c1ccccc1. The van der Waals surface area contributed by atoms with Crippen LogP contribution in [0.25, 0.3) is 66.8 Å². The molecule has 0 aliphatic carbocycles. The van der Waals surface area contributed by atoms with Crippen molar-refractivity contribution in [3.8, 4) is 66.8 Å². The monoisotopic (exact) mass is 1580 g/mol. The molecule has 14 aromatic carbocycles. The van der Waals surface area contributed by atoms with Gasteiger partial charge in [-0.05, 0) is 162 Å². The highest BCUT2D eigenvalue weighted by Gasteiger charge is 2.09. The number of aryl methyl sites for hydroxylation is 7. The molecule has 14 rings (SSSR count). The van der Waals surface area contributed by atoms with Crippen molar-refractivity contribution >= 4 is 19.7 Å². The largest absolute Gasteiger partial charge is 0.488 e. The van der Waals surface area contributed by atoms with Crippen molar-refractivity contribution in [2.75, 3.05) is 0 Å². The molecule has 0 spiro atoms. The zero-order valence-corrected chi connectivity index (χ0v) is 77.9. The molecule has 0 unspecified atom stereocenters. The van der Waals surface area contributed by atoms with E-state index in [0.29, 0.717) is 5.46 Å². The predicted molar refractivity (Wildman–Crippen MR) is 537 cm³/mol. The van der Waals surface area contributed by atoms with Gasteiger partial charge in [-0.3, -0.25) is 0 Å². The first kappa shape index (κ1) is 116. The van der Waals surface area contributed by atoms with E-state index < -0.39 is 14.2 Å². The van der Waals surface area contributed by atoms with Crippen LogP contribution in [-0.2, 0) is 0 Å². The lowest BCUT2D eigenvalue weighted by Gasteiger charge is -2.08. The highest BCUT2D eigenvalue weighted by atomic mass is 16.4. The first-order valence-electron chi connectivity index (χ1n) is 43.1. The molecule has 0 fully saturated rings. The molecule has 0 atom stereocenters. The van der Waals surface area contributed by atoms with Gasteiger partial charge in [0.05, 0.1) is 0 Å². The molecule has 0 saturated heterocycles. The molecular weight excluding hydrogens is 1430 g/mol. The van der Waals surface area contributed by atoms with E-state index in [1.807, 2.05) is 217 Å². The van der Waals surface area contributed by atoms with Crippen molar-refractivity contribution in [1.29, 1.82) is 0 Å². The zero-order chi connectivity index (χ0) is 90.0. The van der Waals surface area contributed by atoms with Crippen LogP contribution in [0.2, 0.25) is 6.82 Å². The average molecular weight is 1580 g/mol. The Labute approximate surface area is 722 Å². The summed E-state index contributed by atoms with van der Waals surface area (Å²) < 4.78 is 0. The average Bonchev–Trinajstić information content (AvgIpc) is 0.837. The lowest BCUT2D eigenvalue weighted by Crippen LogP contribution is -2.29. The van der Waals surface area contributed by atoms with Crippen molar-refractivity contribution < 1.29 is 20.1 Å². The highest BCUT2D eigenvalue weighted by molar-refractivity contribution is 6.58. The second kappa shape index (κ2) is 82.6. The summed E-state index contributed by atoms with van der Waals surface area (Å²) in [6, 6.07) is 133. The van der Waals surface area contributed by atoms with Gasteiger partial charge in [-0.2, -0.15) is 0 Å². The van der Waals surface area contributed by atoms with Gasteiger partial charge in [0.15, 0.2) is 0 Å². The minimum Gasteiger partial charge on any atom is -0.427 e. The van der Waals surface area contributed by atoms with Gasteiger partial charge < -0.3 is 20.1 Å². The molecule has 4 nitrogen and oxygen atoms in total. The summed E-state index contributed by atoms with van der Waals surface area (Å²) in [5.41, 5.74) is 25.0. The summed E-state index contributed by atoms with van der Waals surface area (Å²) in [6.07, 6.45) is 0. The zero-order valence-electron chi connectivity index (χ0n) is 77.9. The first-order valence-corrected chi connectivity index (χ1v) is 43.1. The van der Waals surface area contributed by atoms with Gasteiger partial charge in [0.25, 0.3) is 0 Å². The quantitative estimate of drug-likeness (QED) is 0.120. The summed E-state index contributed by atoms with van der Waals surface area (Å²) in [5.74, 6) is 0. The van der Waals surface area contributed by atoms with Crippen LogP contribution in [0.15, 0.2) is 388 Å². The molecule has 0 aliphatic heterocycles. The Bertz CT molecular complexity index is 3720. The Kier molecular flexibility index (Phi) is 80.9. The maximum atomic E-state index is 8.58. The number of rotatable bonds is 7. The van der Waals surface area contributed by atoms with Crippen LogP contribution in [-0.4, -0.2) is 34.3 Å². The summed E-state index contributed by atoms with van der Waals surface area (Å²) in [7, 11) is -2.51. The van der Waals surface area contributed by atoms with E-state index in [0.717, 1.165) is 0 Å². The maximum Gasteiger partial charge on any atom is 0.488 e. The lowest BCUT2D eigenvalue weighted by molar-refractivity contribution is 0.417. The molecule has 4 N–H and O–H groups in total. The van der Waals surface area contributed by atoms with Crippen molar-refractivity contribution in [2.24, 2.45) is 0 Å². The predicted octanol–water partition coefficient (Wildman–Crippen LogP) is 32.7. The van der Waals surface area contributed by atoms with Gasteiger partial charge in [0, 0.05) is 0 Å². The third-order valence-corrected chi connectivity index (χ3v) is 14.7. The summed E-state index contributed by atoms with van der Waals surface area (Å²) in [4.78, 5) is 0. The van der Waals surface area contributed by atoms with E-state index in [-0.39, 0.29) is 0 Å². The fourth-order valence-electron chi connectivity index (χ4n) is 9.90. The van der Waals surface area contributed by atoms with Gasteiger partial charge in [-0.15, -0.1) is 0 Å². The highest BCUT2D eigenvalue weighted by Crippen LogP contribution is 2.31. The number of hydrogen-bond donors (Lipinski definition) is 4. The molecule has 0 heterocycles. The van der Waals surface area contributed by atoms with E-state index >= 15 is 0 Å². The van der Waals surface area contributed by atoms with Crippen molar-refractivity contribution in [3.63, 3.8) is 0 Å². The van der Waals surface area contributed by atoms with Gasteiger partial charge >= 0.3 is 14.2 Å². The van der Waals surface area contributed by atoms with E-state index in [9.17, 15) is 0 Å². The molecule has 0 radical (unpaired) electrons. The maximum absolute atomic E-state index is 8.58. The van der Waals surface area contributed by atoms with E-state index in [2.05, 4.69) is 334 Å². The van der Waals surface area contributed by atoms with Crippen LogP contribution in [0.5, 0.6) is 0 Å². The Balaban J connectivity index is -0.000000408. The molecule has 0 bridgehead atoms. The van der Waals surface area contributed by atoms with Crippen LogP contribution < -0.4 is 5.46 Å². The van der Waals surface area contributed by atoms with Crippen LogP contribution >= 0.6 is 0 Å². The molecule has 0 saturated carbocycles. The van der Waals surface area contributed by atoms with E-state index in [1.54, 1.807) is 24.3 Å². The molecule has 630 valence electrons. The molecular formula is C112H152B2O4. The van der Waals surface area contributed by atoms with Gasteiger partial charge in [0.2, 0.25) is 0 Å². The fourth-order valence-corrected chi connectivity index (χ4v) is 9.90. The molecule has 14 aromatic rings. The van der Waals surface area contributed by atoms with Crippen molar-refractivity contribution in [2.45, 2.75) is 194 Å².